The van der Waals surface area contributed by atoms with Crippen molar-refractivity contribution in [3.8, 4) is 0 Å². The first-order valence-corrected chi connectivity index (χ1v) is 12.1. The number of amides is 1. The summed E-state index contributed by atoms with van der Waals surface area (Å²) in [6, 6.07) is 3.74. The summed E-state index contributed by atoms with van der Waals surface area (Å²) in [5, 5.41) is 11.6. The van der Waals surface area contributed by atoms with Crippen molar-refractivity contribution in [1.29, 1.82) is 0 Å². The normalized spacial score (nSPS) is 22.7. The second-order valence-electron chi connectivity index (χ2n) is 8.29. The van der Waals surface area contributed by atoms with Gasteiger partial charge in [0, 0.05) is 32.2 Å². The Morgan fingerprint density at radius 2 is 2.06 bits per heavy atom. The van der Waals surface area contributed by atoms with Crippen molar-refractivity contribution in [3.63, 3.8) is 0 Å². The van der Waals surface area contributed by atoms with Crippen LogP contribution in [0, 0.1) is 16.0 Å². The molecule has 0 aromatic heterocycles. The van der Waals surface area contributed by atoms with Gasteiger partial charge in [-0.15, -0.1) is 0 Å². The fraction of sp³-hybridized carbons (Fsp3) is 0.600. The third-order valence-electron chi connectivity index (χ3n) is 5.88. The first kappa shape index (κ1) is 23.0. The Hall–Kier alpha value is -2.69. The standard InChI is InChI=1S/C20H27N3O7S/c1-14-4-3-8-22(11-14)17-6-5-15(10-18(17)23(26)27)20(25)30-12-19(24)21(2)16-7-9-31(28,29)13-16/h5-6,10,14,16H,3-4,7-9,11-13H2,1-2H3/t14-,16-/m1/s1. The van der Waals surface area contributed by atoms with E-state index in [0.717, 1.165) is 12.8 Å². The molecule has 0 unspecified atom stereocenters. The Kier molecular flexibility index (Phi) is 6.83. The SMILES string of the molecule is C[C@@H]1CCCN(c2ccc(C(=O)OCC(=O)N(C)[C@@H]3CCS(=O)(=O)C3)cc2[N+](=O)[O-])C1. The highest BCUT2D eigenvalue weighted by Gasteiger charge is 2.33. The van der Waals surface area contributed by atoms with Crippen molar-refractivity contribution in [3.05, 3.63) is 33.9 Å². The van der Waals surface area contributed by atoms with Crippen LogP contribution in [0.3, 0.4) is 0 Å². The molecule has 3 rings (SSSR count). The maximum atomic E-state index is 12.4. The summed E-state index contributed by atoms with van der Waals surface area (Å²) in [4.78, 5) is 39.0. The second kappa shape index (κ2) is 9.21. The summed E-state index contributed by atoms with van der Waals surface area (Å²) in [6.45, 7) is 2.96. The van der Waals surface area contributed by atoms with Crippen LogP contribution in [-0.4, -0.2) is 74.4 Å². The average molecular weight is 454 g/mol. The maximum Gasteiger partial charge on any atom is 0.338 e. The van der Waals surface area contributed by atoms with E-state index in [2.05, 4.69) is 6.92 Å². The van der Waals surface area contributed by atoms with E-state index in [1.807, 2.05) is 4.90 Å². The van der Waals surface area contributed by atoms with E-state index in [-0.39, 0.29) is 22.8 Å². The van der Waals surface area contributed by atoms with Gasteiger partial charge in [-0.3, -0.25) is 14.9 Å². The molecule has 10 nitrogen and oxygen atoms in total. The molecule has 0 N–H and O–H groups in total. The molecule has 2 fully saturated rings. The molecule has 2 heterocycles. The lowest BCUT2D eigenvalue weighted by molar-refractivity contribution is -0.384. The van der Waals surface area contributed by atoms with Crippen LogP contribution in [0.5, 0.6) is 0 Å². The number of carbonyl (C=O) groups is 2. The van der Waals surface area contributed by atoms with Crippen LogP contribution in [0.4, 0.5) is 11.4 Å². The van der Waals surface area contributed by atoms with Gasteiger partial charge < -0.3 is 14.5 Å². The van der Waals surface area contributed by atoms with Crippen LogP contribution in [-0.2, 0) is 19.4 Å². The Balaban J connectivity index is 1.65. The van der Waals surface area contributed by atoms with Gasteiger partial charge in [-0.25, -0.2) is 13.2 Å². The quantitative estimate of drug-likeness (QED) is 0.361. The molecule has 0 radical (unpaired) electrons. The minimum absolute atomic E-state index is 0.0144. The van der Waals surface area contributed by atoms with Gasteiger partial charge in [0.05, 0.1) is 22.0 Å². The smallest absolute Gasteiger partial charge is 0.338 e. The molecule has 0 spiro atoms. The largest absolute Gasteiger partial charge is 0.452 e. The van der Waals surface area contributed by atoms with E-state index in [1.54, 1.807) is 6.07 Å². The number of ether oxygens (including phenoxy) is 1. The molecule has 170 valence electrons. The molecule has 11 heteroatoms. The van der Waals surface area contributed by atoms with E-state index < -0.39 is 39.3 Å². The highest BCUT2D eigenvalue weighted by molar-refractivity contribution is 7.91. The lowest BCUT2D eigenvalue weighted by Gasteiger charge is -2.32. The minimum Gasteiger partial charge on any atom is -0.452 e. The highest BCUT2D eigenvalue weighted by atomic mass is 32.2. The van der Waals surface area contributed by atoms with Gasteiger partial charge in [-0.1, -0.05) is 6.92 Å². The van der Waals surface area contributed by atoms with Crippen LogP contribution in [0.1, 0.15) is 36.5 Å². The number of piperidine rings is 1. The Morgan fingerprint density at radius 1 is 1.32 bits per heavy atom. The van der Waals surface area contributed by atoms with Gasteiger partial charge in [0.25, 0.3) is 11.6 Å². The Labute approximate surface area is 181 Å². The van der Waals surface area contributed by atoms with Gasteiger partial charge in [0.2, 0.25) is 0 Å². The highest BCUT2D eigenvalue weighted by Crippen LogP contribution is 2.32. The molecule has 1 amide bonds. The summed E-state index contributed by atoms with van der Waals surface area (Å²) >= 11 is 0. The van der Waals surface area contributed by atoms with E-state index in [4.69, 9.17) is 4.74 Å². The van der Waals surface area contributed by atoms with Gasteiger partial charge >= 0.3 is 5.97 Å². The molecular weight excluding hydrogens is 426 g/mol. The zero-order valence-corrected chi connectivity index (χ0v) is 18.5. The van der Waals surface area contributed by atoms with Crippen molar-refractivity contribution in [2.24, 2.45) is 5.92 Å². The third kappa shape index (κ3) is 5.52. The van der Waals surface area contributed by atoms with Crippen molar-refractivity contribution in [2.45, 2.75) is 32.2 Å². The van der Waals surface area contributed by atoms with Gasteiger partial charge in [0.15, 0.2) is 16.4 Å². The average Bonchev–Trinajstić information content (AvgIpc) is 3.10. The molecule has 31 heavy (non-hydrogen) atoms. The molecule has 2 saturated heterocycles. The molecule has 0 aliphatic carbocycles. The van der Waals surface area contributed by atoms with Gasteiger partial charge in [-0.05, 0) is 37.3 Å². The number of rotatable bonds is 6. The topological polar surface area (TPSA) is 127 Å². The summed E-state index contributed by atoms with van der Waals surface area (Å²) in [5.74, 6) is -1.02. The molecular formula is C20H27N3O7S. The Bertz CT molecular complexity index is 979. The lowest BCUT2D eigenvalue weighted by Crippen LogP contribution is -2.40. The predicted molar refractivity (Wildman–Crippen MR) is 114 cm³/mol. The van der Waals surface area contributed by atoms with Crippen LogP contribution in [0.15, 0.2) is 18.2 Å². The number of anilines is 1. The molecule has 2 aliphatic rings. The number of hydrogen-bond acceptors (Lipinski definition) is 8. The zero-order chi connectivity index (χ0) is 22.8. The van der Waals surface area contributed by atoms with Crippen LogP contribution >= 0.6 is 0 Å². The summed E-state index contributed by atoms with van der Waals surface area (Å²) in [6.07, 6.45) is 2.37. The van der Waals surface area contributed by atoms with E-state index >= 15 is 0 Å². The molecule has 0 bridgehead atoms. The number of benzene rings is 1. The van der Waals surface area contributed by atoms with E-state index in [9.17, 15) is 28.1 Å². The first-order valence-electron chi connectivity index (χ1n) is 10.2. The molecule has 1 aromatic rings. The van der Waals surface area contributed by atoms with Crippen LogP contribution in [0.2, 0.25) is 0 Å². The van der Waals surface area contributed by atoms with E-state index in [1.165, 1.54) is 24.1 Å². The molecule has 1 aromatic carbocycles. The lowest BCUT2D eigenvalue weighted by atomic mass is 9.99. The van der Waals surface area contributed by atoms with Crippen molar-refractivity contribution in [2.75, 3.05) is 43.1 Å². The van der Waals surface area contributed by atoms with E-state index in [0.29, 0.717) is 31.1 Å². The third-order valence-corrected chi connectivity index (χ3v) is 7.63. The monoisotopic (exact) mass is 453 g/mol. The minimum atomic E-state index is -3.15. The molecule has 2 aliphatic heterocycles. The molecule has 0 saturated carbocycles. The number of nitro benzene ring substituents is 1. The second-order valence-corrected chi connectivity index (χ2v) is 10.5. The maximum absolute atomic E-state index is 12.4. The number of nitro groups is 1. The van der Waals surface area contributed by atoms with Crippen LogP contribution in [0.25, 0.3) is 0 Å². The van der Waals surface area contributed by atoms with Crippen molar-refractivity contribution < 1.29 is 27.7 Å². The predicted octanol–water partition coefficient (Wildman–Crippen LogP) is 1.63. The fourth-order valence-corrected chi connectivity index (χ4v) is 5.84. The number of esters is 1. The Morgan fingerprint density at radius 3 is 2.68 bits per heavy atom. The summed E-state index contributed by atoms with van der Waals surface area (Å²) in [5.41, 5.74) is 0.272. The van der Waals surface area contributed by atoms with Gasteiger partial charge in [0.1, 0.15) is 5.69 Å². The fourth-order valence-electron chi connectivity index (χ4n) is 4.07. The van der Waals surface area contributed by atoms with Gasteiger partial charge in [-0.2, -0.15) is 0 Å². The number of nitrogens with zero attached hydrogens (tertiary/aromatic N) is 3. The number of likely N-dealkylation sites (N-methyl/N-ethyl adjacent to an activating group) is 1. The molecule has 2 atom stereocenters. The number of hydrogen-bond donors (Lipinski definition) is 0. The van der Waals surface area contributed by atoms with Crippen LogP contribution < -0.4 is 4.90 Å². The number of carbonyl (C=O) groups excluding carboxylic acids is 2. The summed E-state index contributed by atoms with van der Waals surface area (Å²) in [7, 11) is -1.67. The van der Waals surface area contributed by atoms with Crippen molar-refractivity contribution in [1.82, 2.24) is 4.90 Å². The summed E-state index contributed by atoms with van der Waals surface area (Å²) < 4.78 is 28.2. The number of sulfone groups is 1. The first-order chi connectivity index (χ1) is 14.6. The zero-order valence-electron chi connectivity index (χ0n) is 17.7. The van der Waals surface area contributed by atoms with Crippen molar-refractivity contribution >= 4 is 33.1 Å².